The zero-order valence-electron chi connectivity index (χ0n) is 11.3. The van der Waals surface area contributed by atoms with E-state index in [4.69, 9.17) is 18.0 Å². The van der Waals surface area contributed by atoms with Crippen molar-refractivity contribution in [3.05, 3.63) is 35.4 Å². The molecule has 0 saturated carbocycles. The second-order valence-electron chi connectivity index (χ2n) is 4.78. The Morgan fingerprint density at radius 2 is 2.20 bits per heavy atom. The van der Waals surface area contributed by atoms with Crippen LogP contribution in [0.25, 0.3) is 0 Å². The summed E-state index contributed by atoms with van der Waals surface area (Å²) in [5, 5.41) is 2.70. The van der Waals surface area contributed by atoms with E-state index in [0.29, 0.717) is 11.4 Å². The Bertz CT molecular complexity index is 559. The van der Waals surface area contributed by atoms with Crippen molar-refractivity contribution in [1.82, 2.24) is 10.2 Å². The lowest BCUT2D eigenvalue weighted by atomic mass is 10.1. The molecule has 20 heavy (non-hydrogen) atoms. The van der Waals surface area contributed by atoms with Crippen molar-refractivity contribution in [2.75, 3.05) is 0 Å². The maximum atomic E-state index is 12.1. The second kappa shape index (κ2) is 6.00. The molecule has 1 saturated heterocycles. The van der Waals surface area contributed by atoms with E-state index in [2.05, 4.69) is 5.32 Å². The topological polar surface area (TPSA) is 75.4 Å². The van der Waals surface area contributed by atoms with Crippen molar-refractivity contribution in [2.45, 2.75) is 32.4 Å². The van der Waals surface area contributed by atoms with Crippen molar-refractivity contribution in [2.24, 2.45) is 5.73 Å². The summed E-state index contributed by atoms with van der Waals surface area (Å²) in [5.74, 6) is -0.169. The lowest BCUT2D eigenvalue weighted by Crippen LogP contribution is -2.31. The molecule has 3 N–H and O–H groups in total. The summed E-state index contributed by atoms with van der Waals surface area (Å²) in [6.45, 7) is 2.22. The van der Waals surface area contributed by atoms with Gasteiger partial charge in [-0.25, -0.2) is 4.79 Å². The van der Waals surface area contributed by atoms with Crippen LogP contribution in [0.4, 0.5) is 4.79 Å². The smallest absolute Gasteiger partial charge is 0.325 e. The SMILES string of the molecule is CCCC1NC(=O)N(Cc2cccc(C(N)=S)c2)C1=O. The van der Waals surface area contributed by atoms with Crippen LogP contribution in [0.15, 0.2) is 24.3 Å². The van der Waals surface area contributed by atoms with E-state index in [0.717, 1.165) is 17.5 Å². The molecule has 1 aliphatic rings. The molecule has 1 aliphatic heterocycles. The summed E-state index contributed by atoms with van der Waals surface area (Å²) in [6, 6.07) is 6.52. The molecule has 0 aromatic heterocycles. The molecular formula is C14H17N3O2S. The van der Waals surface area contributed by atoms with Crippen LogP contribution in [0.5, 0.6) is 0 Å². The third kappa shape index (κ3) is 2.96. The summed E-state index contributed by atoms with van der Waals surface area (Å²) in [6.07, 6.45) is 1.51. The minimum atomic E-state index is -0.397. The van der Waals surface area contributed by atoms with Gasteiger partial charge in [0.15, 0.2) is 0 Å². The number of thiocarbonyl (C=S) groups is 1. The molecule has 0 radical (unpaired) electrons. The number of benzene rings is 1. The third-order valence-corrected chi connectivity index (χ3v) is 3.47. The fourth-order valence-corrected chi connectivity index (χ4v) is 2.34. The Morgan fingerprint density at radius 3 is 2.85 bits per heavy atom. The molecule has 1 unspecified atom stereocenters. The predicted molar refractivity (Wildman–Crippen MR) is 80.1 cm³/mol. The van der Waals surface area contributed by atoms with Gasteiger partial charge in [0, 0.05) is 5.56 Å². The summed E-state index contributed by atoms with van der Waals surface area (Å²) >= 11 is 4.92. The van der Waals surface area contributed by atoms with Crippen molar-refractivity contribution in [3.8, 4) is 0 Å². The Balaban J connectivity index is 2.13. The molecule has 0 bridgehead atoms. The highest BCUT2D eigenvalue weighted by Gasteiger charge is 2.37. The number of hydrogen-bond acceptors (Lipinski definition) is 3. The van der Waals surface area contributed by atoms with Crippen molar-refractivity contribution < 1.29 is 9.59 Å². The first kappa shape index (κ1) is 14.5. The van der Waals surface area contributed by atoms with Crippen molar-refractivity contribution in [3.63, 3.8) is 0 Å². The first-order chi connectivity index (χ1) is 9.52. The van der Waals surface area contributed by atoms with Crippen molar-refractivity contribution >= 4 is 29.1 Å². The normalized spacial score (nSPS) is 18.2. The monoisotopic (exact) mass is 291 g/mol. The number of carbonyl (C=O) groups excluding carboxylic acids is 2. The van der Waals surface area contributed by atoms with E-state index in [1.807, 2.05) is 19.1 Å². The molecule has 0 aliphatic carbocycles. The van der Waals surface area contributed by atoms with E-state index in [-0.39, 0.29) is 18.5 Å². The molecule has 3 amide bonds. The fraction of sp³-hybridized carbons (Fsp3) is 0.357. The van der Waals surface area contributed by atoms with Gasteiger partial charge in [-0.1, -0.05) is 43.8 Å². The quantitative estimate of drug-likeness (QED) is 0.637. The minimum Gasteiger partial charge on any atom is -0.389 e. The Hall–Kier alpha value is -1.95. The largest absolute Gasteiger partial charge is 0.389 e. The Labute approximate surface area is 123 Å². The average molecular weight is 291 g/mol. The Morgan fingerprint density at radius 1 is 1.45 bits per heavy atom. The fourth-order valence-electron chi connectivity index (χ4n) is 2.22. The van der Waals surface area contributed by atoms with Gasteiger partial charge >= 0.3 is 6.03 Å². The van der Waals surface area contributed by atoms with Crippen LogP contribution in [-0.2, 0) is 11.3 Å². The van der Waals surface area contributed by atoms with Gasteiger partial charge in [0.1, 0.15) is 11.0 Å². The van der Waals surface area contributed by atoms with Crippen LogP contribution in [0, 0.1) is 0 Å². The van der Waals surface area contributed by atoms with Crippen LogP contribution in [0.1, 0.15) is 30.9 Å². The highest BCUT2D eigenvalue weighted by Crippen LogP contribution is 2.15. The van der Waals surface area contributed by atoms with Crippen LogP contribution in [-0.4, -0.2) is 27.9 Å². The molecular weight excluding hydrogens is 274 g/mol. The summed E-state index contributed by atoms with van der Waals surface area (Å²) < 4.78 is 0. The summed E-state index contributed by atoms with van der Waals surface area (Å²) in [4.78, 5) is 25.5. The summed E-state index contributed by atoms with van der Waals surface area (Å²) in [5.41, 5.74) is 7.14. The first-order valence-corrected chi connectivity index (χ1v) is 6.94. The van der Waals surface area contributed by atoms with Crippen LogP contribution < -0.4 is 11.1 Å². The average Bonchev–Trinajstić information content (AvgIpc) is 2.67. The first-order valence-electron chi connectivity index (χ1n) is 6.53. The molecule has 1 aromatic carbocycles. The predicted octanol–water partition coefficient (Wildman–Crippen LogP) is 1.54. The number of nitrogens with two attached hydrogens (primary N) is 1. The number of amides is 3. The van der Waals surface area contributed by atoms with Gasteiger partial charge in [0.05, 0.1) is 6.54 Å². The highest BCUT2D eigenvalue weighted by molar-refractivity contribution is 7.80. The lowest BCUT2D eigenvalue weighted by Gasteiger charge is -2.13. The van der Waals surface area contributed by atoms with Crippen LogP contribution >= 0.6 is 12.2 Å². The van der Waals surface area contributed by atoms with E-state index in [1.54, 1.807) is 12.1 Å². The van der Waals surface area contributed by atoms with E-state index in [1.165, 1.54) is 4.90 Å². The zero-order valence-corrected chi connectivity index (χ0v) is 12.1. The third-order valence-electron chi connectivity index (χ3n) is 3.24. The highest BCUT2D eigenvalue weighted by atomic mass is 32.1. The second-order valence-corrected chi connectivity index (χ2v) is 5.22. The molecule has 1 fully saturated rings. The van der Waals surface area contributed by atoms with Crippen LogP contribution in [0.3, 0.4) is 0 Å². The number of nitrogens with zero attached hydrogens (tertiary/aromatic N) is 1. The Kier molecular flexibility index (Phi) is 4.34. The number of nitrogens with one attached hydrogen (secondary N) is 1. The van der Waals surface area contributed by atoms with Gasteiger partial charge in [-0.15, -0.1) is 0 Å². The standard InChI is InChI=1S/C14H17N3O2S/c1-2-4-11-13(18)17(14(19)16-11)8-9-5-3-6-10(7-9)12(15)20/h3,5-7,11H,2,4,8H2,1H3,(H2,15,20)(H,16,19). The molecule has 2 rings (SSSR count). The minimum absolute atomic E-state index is 0.169. The van der Waals surface area contributed by atoms with Crippen LogP contribution in [0.2, 0.25) is 0 Å². The molecule has 1 heterocycles. The number of imide groups is 1. The van der Waals surface area contributed by atoms with Gasteiger partial charge in [-0.05, 0) is 18.1 Å². The van der Waals surface area contributed by atoms with E-state index < -0.39 is 6.04 Å². The van der Waals surface area contributed by atoms with Gasteiger partial charge < -0.3 is 11.1 Å². The molecule has 1 atom stereocenters. The molecule has 1 aromatic rings. The van der Waals surface area contributed by atoms with Gasteiger partial charge in [0.2, 0.25) is 0 Å². The molecule has 106 valence electrons. The zero-order chi connectivity index (χ0) is 14.7. The maximum Gasteiger partial charge on any atom is 0.325 e. The number of carbonyl (C=O) groups is 2. The van der Waals surface area contributed by atoms with E-state index >= 15 is 0 Å². The summed E-state index contributed by atoms with van der Waals surface area (Å²) in [7, 11) is 0. The number of rotatable bonds is 5. The number of urea groups is 1. The number of hydrogen-bond donors (Lipinski definition) is 2. The molecule has 0 spiro atoms. The molecule has 5 nitrogen and oxygen atoms in total. The maximum absolute atomic E-state index is 12.1. The van der Waals surface area contributed by atoms with Crippen molar-refractivity contribution in [1.29, 1.82) is 0 Å². The van der Waals surface area contributed by atoms with Gasteiger partial charge in [-0.3, -0.25) is 9.69 Å². The van der Waals surface area contributed by atoms with E-state index in [9.17, 15) is 9.59 Å². The van der Waals surface area contributed by atoms with Gasteiger partial charge in [-0.2, -0.15) is 0 Å². The van der Waals surface area contributed by atoms with Gasteiger partial charge in [0.25, 0.3) is 5.91 Å². The lowest BCUT2D eigenvalue weighted by molar-refractivity contribution is -0.128. The molecule has 6 heteroatoms.